The summed E-state index contributed by atoms with van der Waals surface area (Å²) in [6, 6.07) is 13.6. The SMILES string of the molecule is COc1ccc(C[C@@H](C)NC[C@H](O)c2ccc(O)c3c2ccc(=O)n3O)cc1. The Morgan fingerprint density at radius 2 is 1.82 bits per heavy atom. The average molecular weight is 384 g/mol. The van der Waals surface area contributed by atoms with Gasteiger partial charge in [0, 0.05) is 24.0 Å². The number of hydrogen-bond donors (Lipinski definition) is 4. The number of aliphatic hydroxyl groups excluding tert-OH is 1. The van der Waals surface area contributed by atoms with Gasteiger partial charge in [0.15, 0.2) is 0 Å². The van der Waals surface area contributed by atoms with Crippen LogP contribution in [0.1, 0.15) is 24.2 Å². The van der Waals surface area contributed by atoms with Crippen molar-refractivity contribution in [1.82, 2.24) is 10.0 Å². The topological polar surface area (TPSA) is 104 Å². The Morgan fingerprint density at radius 1 is 1.11 bits per heavy atom. The smallest absolute Gasteiger partial charge is 0.283 e. The minimum absolute atomic E-state index is 0.0182. The van der Waals surface area contributed by atoms with Gasteiger partial charge in [-0.25, -0.2) is 0 Å². The molecular weight excluding hydrogens is 360 g/mol. The first-order valence-electron chi connectivity index (χ1n) is 9.02. The van der Waals surface area contributed by atoms with E-state index in [4.69, 9.17) is 4.74 Å². The molecule has 4 N–H and O–H groups in total. The molecule has 3 aromatic rings. The molecule has 2 aromatic carbocycles. The van der Waals surface area contributed by atoms with E-state index in [9.17, 15) is 20.2 Å². The fourth-order valence-corrected chi connectivity index (χ4v) is 3.25. The van der Waals surface area contributed by atoms with Crippen LogP contribution in [-0.4, -0.2) is 39.8 Å². The molecule has 28 heavy (non-hydrogen) atoms. The maximum atomic E-state index is 11.6. The van der Waals surface area contributed by atoms with Gasteiger partial charge in [0.1, 0.15) is 17.0 Å². The molecule has 2 atom stereocenters. The molecule has 3 rings (SSSR count). The van der Waals surface area contributed by atoms with Crippen LogP contribution in [0.25, 0.3) is 10.9 Å². The highest BCUT2D eigenvalue weighted by Gasteiger charge is 2.17. The molecule has 0 radical (unpaired) electrons. The zero-order valence-electron chi connectivity index (χ0n) is 15.8. The van der Waals surface area contributed by atoms with Gasteiger partial charge in [0.25, 0.3) is 5.56 Å². The van der Waals surface area contributed by atoms with E-state index in [1.54, 1.807) is 13.2 Å². The van der Waals surface area contributed by atoms with E-state index in [2.05, 4.69) is 5.32 Å². The Labute approximate surface area is 162 Å². The first-order valence-corrected chi connectivity index (χ1v) is 9.02. The molecule has 0 bridgehead atoms. The molecular formula is C21H24N2O5. The van der Waals surface area contributed by atoms with E-state index in [1.807, 2.05) is 31.2 Å². The molecule has 7 nitrogen and oxygen atoms in total. The van der Waals surface area contributed by atoms with Gasteiger partial charge in [-0.15, -0.1) is 4.73 Å². The second-order valence-corrected chi connectivity index (χ2v) is 6.80. The average Bonchev–Trinajstić information content (AvgIpc) is 2.69. The number of phenolic OH excluding ortho intramolecular Hbond substituents is 1. The van der Waals surface area contributed by atoms with Gasteiger partial charge in [0.05, 0.1) is 13.2 Å². The van der Waals surface area contributed by atoms with Crippen molar-refractivity contribution in [3.63, 3.8) is 0 Å². The molecule has 1 heterocycles. The van der Waals surface area contributed by atoms with Gasteiger partial charge >= 0.3 is 0 Å². The van der Waals surface area contributed by atoms with Crippen molar-refractivity contribution in [3.8, 4) is 11.5 Å². The number of nitrogens with one attached hydrogen (secondary N) is 1. The fourth-order valence-electron chi connectivity index (χ4n) is 3.25. The number of fused-ring (bicyclic) bond motifs is 1. The normalized spacial score (nSPS) is 13.4. The summed E-state index contributed by atoms with van der Waals surface area (Å²) in [4.78, 5) is 11.6. The maximum absolute atomic E-state index is 11.6. The summed E-state index contributed by atoms with van der Waals surface area (Å²) < 4.78 is 5.55. The molecule has 0 unspecified atom stereocenters. The molecule has 0 aliphatic carbocycles. The zero-order chi connectivity index (χ0) is 20.3. The van der Waals surface area contributed by atoms with Crippen LogP contribution in [0.4, 0.5) is 0 Å². The van der Waals surface area contributed by atoms with Gasteiger partial charge in [-0.2, -0.15) is 0 Å². The Balaban J connectivity index is 1.71. The number of ether oxygens (including phenoxy) is 1. The van der Waals surface area contributed by atoms with Crippen LogP contribution in [0.3, 0.4) is 0 Å². The number of benzene rings is 2. The molecule has 0 aliphatic heterocycles. The van der Waals surface area contributed by atoms with Crippen LogP contribution < -0.4 is 15.6 Å². The molecule has 0 saturated heterocycles. The number of pyridine rings is 1. The Morgan fingerprint density at radius 3 is 2.50 bits per heavy atom. The van der Waals surface area contributed by atoms with Crippen molar-refractivity contribution in [2.45, 2.75) is 25.5 Å². The van der Waals surface area contributed by atoms with Gasteiger partial charge in [-0.05, 0) is 48.7 Å². The summed E-state index contributed by atoms with van der Waals surface area (Å²) in [5.41, 5.74) is 0.991. The van der Waals surface area contributed by atoms with Crippen LogP contribution in [-0.2, 0) is 6.42 Å². The monoisotopic (exact) mass is 384 g/mol. The third-order valence-corrected chi connectivity index (χ3v) is 4.76. The van der Waals surface area contributed by atoms with Gasteiger partial charge in [0.2, 0.25) is 0 Å². The minimum atomic E-state index is -0.876. The van der Waals surface area contributed by atoms with Crippen LogP contribution >= 0.6 is 0 Å². The first kappa shape index (κ1) is 19.7. The highest BCUT2D eigenvalue weighted by atomic mass is 16.5. The Bertz CT molecular complexity index is 1010. The lowest BCUT2D eigenvalue weighted by Gasteiger charge is -2.19. The molecule has 0 fully saturated rings. The number of aliphatic hydroxyl groups is 1. The Hall–Kier alpha value is -3.03. The number of methoxy groups -OCH3 is 1. The van der Waals surface area contributed by atoms with E-state index in [0.717, 1.165) is 17.7 Å². The van der Waals surface area contributed by atoms with Crippen molar-refractivity contribution in [2.24, 2.45) is 0 Å². The van der Waals surface area contributed by atoms with E-state index in [-0.39, 0.29) is 23.9 Å². The molecule has 7 heteroatoms. The van der Waals surface area contributed by atoms with Gasteiger partial charge in [-0.1, -0.05) is 18.2 Å². The molecule has 0 aliphatic rings. The summed E-state index contributed by atoms with van der Waals surface area (Å²) in [6.45, 7) is 2.30. The number of hydrogen-bond acceptors (Lipinski definition) is 6. The maximum Gasteiger partial charge on any atom is 0.283 e. The lowest BCUT2D eigenvalue weighted by Crippen LogP contribution is -2.32. The lowest BCUT2D eigenvalue weighted by molar-refractivity contribution is 0.171. The summed E-state index contributed by atoms with van der Waals surface area (Å²) in [5, 5.41) is 34.2. The number of phenols is 1. The highest BCUT2D eigenvalue weighted by molar-refractivity contribution is 5.87. The molecule has 148 valence electrons. The molecule has 0 spiro atoms. The van der Waals surface area contributed by atoms with Crippen LogP contribution in [0.2, 0.25) is 0 Å². The van der Waals surface area contributed by atoms with E-state index < -0.39 is 11.7 Å². The summed E-state index contributed by atoms with van der Waals surface area (Å²) in [6.07, 6.45) is -0.0950. The second-order valence-electron chi connectivity index (χ2n) is 6.80. The minimum Gasteiger partial charge on any atom is -0.506 e. The Kier molecular flexibility index (Phi) is 5.87. The standard InChI is InChI=1S/C21H24N2O5/c1-13(11-14-3-5-15(28-2)6-4-14)22-12-19(25)16-7-9-18(24)21-17(16)8-10-20(26)23(21)27/h3-10,13,19,22,24-25,27H,11-12H2,1-2H3/t13-,19+/m1/s1. The van der Waals surface area contributed by atoms with E-state index in [1.165, 1.54) is 18.2 Å². The number of aromatic hydroxyl groups is 1. The van der Waals surface area contributed by atoms with Crippen LogP contribution in [0.15, 0.2) is 53.3 Å². The van der Waals surface area contributed by atoms with Crippen molar-refractivity contribution >= 4 is 10.9 Å². The predicted octanol–water partition coefficient (Wildman–Crippen LogP) is 2.21. The zero-order valence-corrected chi connectivity index (χ0v) is 15.8. The summed E-state index contributed by atoms with van der Waals surface area (Å²) >= 11 is 0. The summed E-state index contributed by atoms with van der Waals surface area (Å²) in [7, 11) is 1.63. The van der Waals surface area contributed by atoms with Gasteiger partial charge < -0.3 is 25.5 Å². The second kappa shape index (κ2) is 8.33. The molecule has 1 aromatic heterocycles. The third kappa shape index (κ3) is 4.11. The van der Waals surface area contributed by atoms with Crippen LogP contribution in [0.5, 0.6) is 11.5 Å². The van der Waals surface area contributed by atoms with Gasteiger partial charge in [-0.3, -0.25) is 4.79 Å². The number of rotatable bonds is 7. The third-order valence-electron chi connectivity index (χ3n) is 4.76. The lowest BCUT2D eigenvalue weighted by atomic mass is 10.0. The number of nitrogens with zero attached hydrogens (tertiary/aromatic N) is 1. The first-order chi connectivity index (χ1) is 13.4. The van der Waals surface area contributed by atoms with E-state index in [0.29, 0.717) is 15.7 Å². The van der Waals surface area contributed by atoms with E-state index >= 15 is 0 Å². The fraction of sp³-hybridized carbons (Fsp3) is 0.286. The van der Waals surface area contributed by atoms with Crippen LogP contribution in [0, 0.1) is 0 Å². The van der Waals surface area contributed by atoms with Crippen molar-refractivity contribution in [3.05, 3.63) is 70.0 Å². The summed E-state index contributed by atoms with van der Waals surface area (Å²) in [5.74, 6) is 0.577. The molecule has 0 amide bonds. The highest BCUT2D eigenvalue weighted by Crippen LogP contribution is 2.29. The van der Waals surface area contributed by atoms with Crippen molar-refractivity contribution in [2.75, 3.05) is 13.7 Å². The van der Waals surface area contributed by atoms with Crippen molar-refractivity contribution in [1.29, 1.82) is 0 Å². The number of aromatic nitrogens is 1. The predicted molar refractivity (Wildman–Crippen MR) is 106 cm³/mol. The van der Waals surface area contributed by atoms with Crippen molar-refractivity contribution < 1.29 is 20.2 Å². The largest absolute Gasteiger partial charge is 0.506 e. The molecule has 0 saturated carbocycles. The quantitative estimate of drug-likeness (QED) is 0.466.